The Bertz CT molecular complexity index is 398. The van der Waals surface area contributed by atoms with Crippen LogP contribution in [0.4, 0.5) is 0 Å². The van der Waals surface area contributed by atoms with E-state index in [9.17, 15) is 9.59 Å². The van der Waals surface area contributed by atoms with E-state index >= 15 is 0 Å². The molecule has 2 aliphatic heterocycles. The molecule has 2 saturated heterocycles. The zero-order valence-electron chi connectivity index (χ0n) is 17.0. The summed E-state index contributed by atoms with van der Waals surface area (Å²) in [5.74, 6) is 0.139. The van der Waals surface area contributed by atoms with Crippen molar-refractivity contribution in [3.05, 3.63) is 0 Å². The van der Waals surface area contributed by atoms with E-state index in [2.05, 4.69) is 19.9 Å². The number of rotatable bonds is 6. The minimum Gasteiger partial charge on any atom is -0.466 e. The van der Waals surface area contributed by atoms with Crippen molar-refractivity contribution in [3.63, 3.8) is 0 Å². The fourth-order valence-electron chi connectivity index (χ4n) is 3.01. The van der Waals surface area contributed by atoms with Crippen LogP contribution in [0.2, 0.25) is 0 Å². The molecule has 0 aliphatic carbocycles. The van der Waals surface area contributed by atoms with Gasteiger partial charge >= 0.3 is 5.97 Å². The monoisotopic (exact) mass is 371 g/mol. The number of piperazine rings is 1. The van der Waals surface area contributed by atoms with Crippen molar-refractivity contribution in [1.29, 1.82) is 0 Å². The van der Waals surface area contributed by atoms with Crippen molar-refractivity contribution in [1.82, 2.24) is 15.1 Å². The molecule has 0 saturated carbocycles. The molecule has 2 rings (SSSR count). The third-order valence-electron chi connectivity index (χ3n) is 4.55. The predicted octanol–water partition coefficient (Wildman–Crippen LogP) is 1.12. The lowest BCUT2D eigenvalue weighted by Gasteiger charge is -2.33. The van der Waals surface area contributed by atoms with Gasteiger partial charge < -0.3 is 19.7 Å². The van der Waals surface area contributed by atoms with Crippen LogP contribution in [0.1, 0.15) is 40.5 Å². The number of esters is 1. The van der Waals surface area contributed by atoms with E-state index in [-0.39, 0.29) is 17.5 Å². The molecule has 0 spiro atoms. The van der Waals surface area contributed by atoms with Gasteiger partial charge in [0.05, 0.1) is 12.5 Å². The predicted molar refractivity (Wildman–Crippen MR) is 102 cm³/mol. The molecule has 0 aromatic carbocycles. The van der Waals surface area contributed by atoms with Crippen molar-refractivity contribution in [2.24, 2.45) is 5.92 Å². The zero-order chi connectivity index (χ0) is 19.4. The normalized spacial score (nSPS) is 20.0. The Balaban J connectivity index is 0.000000412. The third kappa shape index (κ3) is 10.1. The van der Waals surface area contributed by atoms with Crippen LogP contribution >= 0.6 is 0 Å². The molecule has 0 atom stereocenters. The average molecular weight is 372 g/mol. The fraction of sp³-hybridized carbons (Fsp3) is 0.895. The van der Waals surface area contributed by atoms with Crippen LogP contribution in [-0.2, 0) is 19.1 Å². The molecule has 7 heteroatoms. The Hall–Kier alpha value is -1.18. The van der Waals surface area contributed by atoms with Crippen molar-refractivity contribution in [3.8, 4) is 0 Å². The summed E-state index contributed by atoms with van der Waals surface area (Å²) in [4.78, 5) is 26.3. The van der Waals surface area contributed by atoms with Gasteiger partial charge in [0.25, 0.3) is 6.47 Å². The molecule has 0 aromatic heterocycles. The van der Waals surface area contributed by atoms with Gasteiger partial charge in [-0.25, -0.2) is 0 Å². The number of nitrogens with one attached hydrogen (secondary N) is 1. The summed E-state index contributed by atoms with van der Waals surface area (Å²) in [5.41, 5.74) is -0.318. The first-order valence-electron chi connectivity index (χ1n) is 9.79. The largest absolute Gasteiger partial charge is 0.466 e. The van der Waals surface area contributed by atoms with Gasteiger partial charge in [0.2, 0.25) is 0 Å². The number of hydrogen-bond donors (Lipinski definition) is 1. The minimum absolute atomic E-state index is 0.00394. The highest BCUT2D eigenvalue weighted by molar-refractivity contribution is 5.72. The second-order valence-electron chi connectivity index (χ2n) is 7.79. The average Bonchev–Trinajstić information content (AvgIpc) is 2.61. The first-order chi connectivity index (χ1) is 12.4. The molecule has 0 amide bonds. The standard InChI is InChI=1S/C14H27N3O2.C5H10O2/c1-2-19-14(18)13-3-7-16(8-4-13)11-12-17-9-5-15-6-10-17;1-5(2,3)7-4-6/h13,15H,2-12H2,1H3;4H,1-3H3. The van der Waals surface area contributed by atoms with Crippen LogP contribution in [0.5, 0.6) is 0 Å². The first kappa shape index (κ1) is 22.9. The summed E-state index contributed by atoms with van der Waals surface area (Å²) in [5, 5.41) is 3.38. The van der Waals surface area contributed by atoms with Crippen molar-refractivity contribution < 1.29 is 19.1 Å². The van der Waals surface area contributed by atoms with E-state index in [0.29, 0.717) is 13.1 Å². The highest BCUT2D eigenvalue weighted by atomic mass is 16.5. The fourth-order valence-corrected chi connectivity index (χ4v) is 3.01. The molecule has 152 valence electrons. The minimum atomic E-state index is -0.318. The molecule has 2 heterocycles. The Morgan fingerprint density at radius 2 is 1.62 bits per heavy atom. The maximum Gasteiger partial charge on any atom is 0.309 e. The third-order valence-corrected chi connectivity index (χ3v) is 4.55. The van der Waals surface area contributed by atoms with E-state index in [0.717, 1.165) is 52.1 Å². The van der Waals surface area contributed by atoms with Gasteiger partial charge in [-0.3, -0.25) is 14.5 Å². The van der Waals surface area contributed by atoms with Crippen LogP contribution in [0, 0.1) is 5.92 Å². The van der Waals surface area contributed by atoms with Crippen molar-refractivity contribution >= 4 is 12.4 Å². The van der Waals surface area contributed by atoms with Crippen LogP contribution in [0.3, 0.4) is 0 Å². The molecule has 7 nitrogen and oxygen atoms in total. The molecule has 2 aliphatic rings. The highest BCUT2D eigenvalue weighted by Gasteiger charge is 2.26. The number of ether oxygens (including phenoxy) is 2. The summed E-state index contributed by atoms with van der Waals surface area (Å²) >= 11 is 0. The van der Waals surface area contributed by atoms with Gasteiger partial charge in [-0.2, -0.15) is 0 Å². The molecule has 26 heavy (non-hydrogen) atoms. The molecule has 0 unspecified atom stereocenters. The number of likely N-dealkylation sites (tertiary alicyclic amines) is 1. The van der Waals surface area contributed by atoms with Crippen molar-refractivity contribution in [2.75, 3.05) is 59.0 Å². The smallest absolute Gasteiger partial charge is 0.309 e. The van der Waals surface area contributed by atoms with Gasteiger partial charge in [0.1, 0.15) is 5.60 Å². The summed E-state index contributed by atoms with van der Waals surface area (Å²) in [6.07, 6.45) is 1.92. The van der Waals surface area contributed by atoms with E-state index in [4.69, 9.17) is 4.74 Å². The van der Waals surface area contributed by atoms with Gasteiger partial charge in [-0.1, -0.05) is 0 Å². The number of nitrogens with zero attached hydrogens (tertiary/aromatic N) is 2. The van der Waals surface area contributed by atoms with Crippen LogP contribution in [0.25, 0.3) is 0 Å². The van der Waals surface area contributed by atoms with Crippen LogP contribution < -0.4 is 5.32 Å². The maximum atomic E-state index is 11.7. The quantitative estimate of drug-likeness (QED) is 0.554. The Kier molecular flexibility index (Phi) is 10.8. The molecular weight excluding hydrogens is 334 g/mol. The number of hydrogen-bond acceptors (Lipinski definition) is 7. The second-order valence-corrected chi connectivity index (χ2v) is 7.79. The molecule has 2 fully saturated rings. The SMILES string of the molecule is CC(C)(C)OC=O.CCOC(=O)C1CCN(CCN2CCNCC2)CC1. The van der Waals surface area contributed by atoms with E-state index < -0.39 is 0 Å². The van der Waals surface area contributed by atoms with Gasteiger partial charge in [-0.15, -0.1) is 0 Å². The molecular formula is C19H37N3O4. The van der Waals surface area contributed by atoms with Gasteiger partial charge in [-0.05, 0) is 53.6 Å². The Morgan fingerprint density at radius 1 is 1.08 bits per heavy atom. The summed E-state index contributed by atoms with van der Waals surface area (Å²) < 4.78 is 9.65. The Labute approximate surface area is 158 Å². The van der Waals surface area contributed by atoms with Crippen LogP contribution in [0.15, 0.2) is 0 Å². The molecule has 0 radical (unpaired) electrons. The first-order valence-corrected chi connectivity index (χ1v) is 9.79. The maximum absolute atomic E-state index is 11.7. The second kappa shape index (κ2) is 12.3. The Morgan fingerprint density at radius 3 is 2.04 bits per heavy atom. The molecule has 0 bridgehead atoms. The number of carbonyl (C=O) groups is 2. The lowest BCUT2D eigenvalue weighted by atomic mass is 9.97. The van der Waals surface area contributed by atoms with E-state index in [1.165, 1.54) is 13.1 Å². The van der Waals surface area contributed by atoms with Crippen molar-refractivity contribution in [2.45, 2.75) is 46.1 Å². The van der Waals surface area contributed by atoms with Gasteiger partial charge in [0.15, 0.2) is 0 Å². The summed E-state index contributed by atoms with van der Waals surface area (Å²) in [7, 11) is 0. The highest BCUT2D eigenvalue weighted by Crippen LogP contribution is 2.18. The zero-order valence-corrected chi connectivity index (χ0v) is 17.0. The number of piperidine rings is 1. The lowest BCUT2D eigenvalue weighted by molar-refractivity contribution is -0.149. The molecule has 1 N–H and O–H groups in total. The van der Waals surface area contributed by atoms with Gasteiger partial charge in [0, 0.05) is 39.3 Å². The van der Waals surface area contributed by atoms with E-state index in [1.807, 2.05) is 27.7 Å². The summed E-state index contributed by atoms with van der Waals surface area (Å²) in [6, 6.07) is 0. The lowest BCUT2D eigenvalue weighted by Crippen LogP contribution is -2.47. The van der Waals surface area contributed by atoms with E-state index in [1.54, 1.807) is 0 Å². The summed E-state index contributed by atoms with van der Waals surface area (Å²) in [6.45, 7) is 17.2. The number of carbonyl (C=O) groups excluding carboxylic acids is 2. The molecule has 0 aromatic rings. The van der Waals surface area contributed by atoms with Crippen LogP contribution in [-0.4, -0.2) is 86.8 Å². The topological polar surface area (TPSA) is 71.1 Å².